The molecule has 0 atom stereocenters. The van der Waals surface area contributed by atoms with E-state index in [-0.39, 0.29) is 19.0 Å². The summed E-state index contributed by atoms with van der Waals surface area (Å²) in [5.41, 5.74) is 9.57. The molecule has 0 aliphatic rings. The average Bonchev–Trinajstić information content (AvgIpc) is 3.22. The van der Waals surface area contributed by atoms with E-state index < -0.39 is 5.91 Å². The number of halogens is 2. The summed E-state index contributed by atoms with van der Waals surface area (Å²) in [5, 5.41) is 11.9. The van der Waals surface area contributed by atoms with Crippen molar-refractivity contribution in [1.82, 2.24) is 9.55 Å². The van der Waals surface area contributed by atoms with Crippen LogP contribution in [-0.2, 0) is 13.2 Å². The van der Waals surface area contributed by atoms with Crippen LogP contribution in [-0.4, -0.2) is 15.5 Å². The number of ether oxygens (including phenoxy) is 1. The van der Waals surface area contributed by atoms with Gasteiger partial charge in [0.1, 0.15) is 24.0 Å². The second kappa shape index (κ2) is 9.67. The molecule has 5 aromatic rings. The van der Waals surface area contributed by atoms with Crippen LogP contribution in [0.4, 0.5) is 4.39 Å². The highest BCUT2D eigenvalue weighted by atomic mass is 35.5. The minimum absolute atomic E-state index is 0.119. The number of amides is 1. The molecule has 9 heteroatoms. The lowest BCUT2D eigenvalue weighted by Gasteiger charge is -2.13. The molecule has 0 saturated heterocycles. The van der Waals surface area contributed by atoms with Gasteiger partial charge in [0.2, 0.25) is 5.91 Å². The number of nitrogens with zero attached hydrogens (tertiary/aromatic N) is 3. The molecule has 0 radical (unpaired) electrons. The molecule has 0 spiro atoms. The number of rotatable bonds is 7. The van der Waals surface area contributed by atoms with Crippen molar-refractivity contribution in [2.45, 2.75) is 13.2 Å². The van der Waals surface area contributed by atoms with Crippen molar-refractivity contribution < 1.29 is 18.7 Å². The summed E-state index contributed by atoms with van der Waals surface area (Å²) in [6, 6.07) is 20.0. The third kappa shape index (κ3) is 4.85. The van der Waals surface area contributed by atoms with Crippen molar-refractivity contribution in [1.29, 1.82) is 0 Å². The Balaban J connectivity index is 1.54. The molecule has 2 aromatic heterocycles. The number of hydrogen-bond acceptors (Lipinski definition) is 4. The highest BCUT2D eigenvalue weighted by molar-refractivity contribution is 6.31. The minimum Gasteiger partial charge on any atom is -0.619 e. The molecule has 1 amide bonds. The lowest BCUT2D eigenvalue weighted by Crippen LogP contribution is -2.23. The first-order chi connectivity index (χ1) is 17.4. The lowest BCUT2D eigenvalue weighted by molar-refractivity contribution is -0.605. The number of imidazole rings is 1. The largest absolute Gasteiger partial charge is 0.619 e. The summed E-state index contributed by atoms with van der Waals surface area (Å²) in [4.78, 5) is 16.1. The number of benzene rings is 3. The SMILES string of the molecule is NC(=O)c1ccc(OCc2nc3ccc(-c4cc[n+]([O-])cc4)cc3n2Cc2cc(F)ccc2Cl)cc1. The molecule has 2 heterocycles. The Hall–Kier alpha value is -4.43. The zero-order valence-corrected chi connectivity index (χ0v) is 19.7. The molecule has 36 heavy (non-hydrogen) atoms. The third-order valence-electron chi connectivity index (χ3n) is 5.81. The molecule has 0 aliphatic heterocycles. The molecule has 0 bridgehead atoms. The van der Waals surface area contributed by atoms with Crippen LogP contribution in [0.15, 0.2) is 85.2 Å². The summed E-state index contributed by atoms with van der Waals surface area (Å²) in [6.45, 7) is 0.388. The Morgan fingerprint density at radius 2 is 1.78 bits per heavy atom. The Morgan fingerprint density at radius 1 is 1.03 bits per heavy atom. The Bertz CT molecular complexity index is 1570. The summed E-state index contributed by atoms with van der Waals surface area (Å²) in [6.07, 6.45) is 2.87. The smallest absolute Gasteiger partial charge is 0.248 e. The molecule has 7 nitrogen and oxygen atoms in total. The van der Waals surface area contributed by atoms with Gasteiger partial charge < -0.3 is 20.2 Å². The fourth-order valence-electron chi connectivity index (χ4n) is 3.94. The number of carbonyl (C=O) groups is 1. The fraction of sp³-hybridized carbons (Fsp3) is 0.0741. The summed E-state index contributed by atoms with van der Waals surface area (Å²) >= 11 is 6.37. The first-order valence-corrected chi connectivity index (χ1v) is 11.4. The molecule has 0 unspecified atom stereocenters. The number of aromatic nitrogens is 3. The van der Waals surface area contributed by atoms with Gasteiger partial charge in [-0.2, -0.15) is 4.73 Å². The van der Waals surface area contributed by atoms with Crippen LogP contribution < -0.4 is 15.2 Å². The molecule has 0 fully saturated rings. The van der Waals surface area contributed by atoms with Crippen LogP contribution in [0.1, 0.15) is 21.7 Å². The van der Waals surface area contributed by atoms with Gasteiger partial charge in [-0.1, -0.05) is 17.7 Å². The summed E-state index contributed by atoms with van der Waals surface area (Å²) < 4.78 is 22.6. The molecular formula is C27H20ClFN4O3. The van der Waals surface area contributed by atoms with Crippen LogP contribution in [0, 0.1) is 11.0 Å². The summed E-state index contributed by atoms with van der Waals surface area (Å²) in [7, 11) is 0. The van der Waals surface area contributed by atoms with Gasteiger partial charge in [-0.15, -0.1) is 0 Å². The van der Waals surface area contributed by atoms with Crippen molar-refractivity contribution in [3.8, 4) is 16.9 Å². The van der Waals surface area contributed by atoms with E-state index in [9.17, 15) is 14.4 Å². The second-order valence-electron chi connectivity index (χ2n) is 8.18. The maximum Gasteiger partial charge on any atom is 0.248 e. The second-order valence-corrected chi connectivity index (χ2v) is 8.58. The van der Waals surface area contributed by atoms with Crippen LogP contribution in [0.5, 0.6) is 5.75 Å². The van der Waals surface area contributed by atoms with Gasteiger partial charge in [-0.3, -0.25) is 4.79 Å². The standard InChI is InChI=1S/C27H20ClFN4O3/c28-23-7-4-21(29)13-20(23)15-33-25-14-19(17-9-11-32(35)12-10-17)3-8-24(25)31-26(33)16-36-22-5-1-18(2-6-22)27(30)34/h1-14H,15-16H2,(H2,30,34). The van der Waals surface area contributed by atoms with Crippen molar-refractivity contribution in [2.75, 3.05) is 0 Å². The molecule has 0 saturated carbocycles. The van der Waals surface area contributed by atoms with E-state index in [1.165, 1.54) is 30.6 Å². The predicted octanol–water partition coefficient (Wildman–Crippen LogP) is 4.86. The molecule has 180 valence electrons. The maximum atomic E-state index is 14.0. The number of pyridine rings is 1. The van der Waals surface area contributed by atoms with Crippen LogP contribution in [0.3, 0.4) is 0 Å². The van der Waals surface area contributed by atoms with Crippen molar-refractivity contribution in [3.05, 3.63) is 118 Å². The molecular weight excluding hydrogens is 483 g/mol. The van der Waals surface area contributed by atoms with E-state index >= 15 is 0 Å². The van der Waals surface area contributed by atoms with Gasteiger partial charge >= 0.3 is 0 Å². The fourth-order valence-corrected chi connectivity index (χ4v) is 4.12. The number of hydrogen-bond donors (Lipinski definition) is 1. The normalized spacial score (nSPS) is 11.1. The van der Waals surface area contributed by atoms with Crippen molar-refractivity contribution >= 4 is 28.5 Å². The Morgan fingerprint density at radius 3 is 2.50 bits per heavy atom. The van der Waals surface area contributed by atoms with Gasteiger partial charge in [-0.05, 0) is 71.3 Å². The van der Waals surface area contributed by atoms with Crippen LogP contribution in [0.2, 0.25) is 5.02 Å². The molecule has 0 aliphatic carbocycles. The minimum atomic E-state index is -0.519. The van der Waals surface area contributed by atoms with E-state index in [1.54, 1.807) is 36.4 Å². The van der Waals surface area contributed by atoms with E-state index in [4.69, 9.17) is 27.1 Å². The van der Waals surface area contributed by atoms with Gasteiger partial charge in [0.05, 0.1) is 17.6 Å². The maximum absolute atomic E-state index is 14.0. The Kier molecular flexibility index (Phi) is 6.26. The predicted molar refractivity (Wildman–Crippen MR) is 134 cm³/mol. The van der Waals surface area contributed by atoms with E-state index in [0.29, 0.717) is 27.7 Å². The van der Waals surface area contributed by atoms with Gasteiger partial charge in [0.15, 0.2) is 12.4 Å². The first-order valence-electron chi connectivity index (χ1n) is 11.0. The topological polar surface area (TPSA) is 97.1 Å². The van der Waals surface area contributed by atoms with Gasteiger partial charge in [-0.25, -0.2) is 9.37 Å². The van der Waals surface area contributed by atoms with Gasteiger partial charge in [0.25, 0.3) is 0 Å². The zero-order valence-electron chi connectivity index (χ0n) is 18.9. The number of carbonyl (C=O) groups excluding carboxylic acids is 1. The molecule has 5 rings (SSSR count). The van der Waals surface area contributed by atoms with E-state index in [2.05, 4.69) is 0 Å². The quantitative estimate of drug-likeness (QED) is 0.254. The van der Waals surface area contributed by atoms with Crippen LogP contribution >= 0.6 is 11.6 Å². The molecule has 2 N–H and O–H groups in total. The lowest BCUT2D eigenvalue weighted by atomic mass is 10.1. The zero-order chi connectivity index (χ0) is 25.2. The van der Waals surface area contributed by atoms with Crippen molar-refractivity contribution in [2.24, 2.45) is 5.73 Å². The van der Waals surface area contributed by atoms with E-state index in [0.717, 1.165) is 26.9 Å². The first kappa shape index (κ1) is 23.3. The van der Waals surface area contributed by atoms with Crippen LogP contribution in [0.25, 0.3) is 22.2 Å². The average molecular weight is 503 g/mol. The third-order valence-corrected chi connectivity index (χ3v) is 6.17. The highest BCUT2D eigenvalue weighted by Gasteiger charge is 2.15. The van der Waals surface area contributed by atoms with Crippen molar-refractivity contribution in [3.63, 3.8) is 0 Å². The number of fused-ring (bicyclic) bond motifs is 1. The number of nitrogens with two attached hydrogens (primary N) is 1. The summed E-state index contributed by atoms with van der Waals surface area (Å²) in [5.74, 6) is 0.238. The number of primary amides is 1. The molecule has 3 aromatic carbocycles. The monoisotopic (exact) mass is 502 g/mol. The van der Waals surface area contributed by atoms with Gasteiger partial charge in [0, 0.05) is 22.7 Å². The highest BCUT2D eigenvalue weighted by Crippen LogP contribution is 2.28. The Labute approximate surface area is 210 Å². The van der Waals surface area contributed by atoms with E-state index in [1.807, 2.05) is 22.8 Å².